The van der Waals surface area contributed by atoms with Crippen LogP contribution in [-0.2, 0) is 0 Å². The summed E-state index contributed by atoms with van der Waals surface area (Å²) in [6, 6.07) is 3.38. The molecule has 2 rings (SSSR count). The first kappa shape index (κ1) is 12.5. The van der Waals surface area contributed by atoms with Crippen LogP contribution in [-0.4, -0.2) is 38.7 Å². The molecule has 0 amide bonds. The summed E-state index contributed by atoms with van der Waals surface area (Å²) in [6.07, 6.45) is 1.51. The van der Waals surface area contributed by atoms with Gasteiger partial charge in [0.15, 0.2) is 11.5 Å². The van der Waals surface area contributed by atoms with Gasteiger partial charge >= 0.3 is 0 Å². The smallest absolute Gasteiger partial charge is 0.263 e. The number of rotatable bonds is 3. The van der Waals surface area contributed by atoms with Crippen LogP contribution in [0.2, 0.25) is 0 Å². The summed E-state index contributed by atoms with van der Waals surface area (Å²) in [5.74, 6) is 0.553. The summed E-state index contributed by atoms with van der Waals surface area (Å²) in [5.41, 5.74) is 6.19. The molecular formula is C9H9IN6O2. The predicted molar refractivity (Wildman–Crippen MR) is 72.6 cm³/mol. The van der Waals surface area contributed by atoms with Crippen molar-refractivity contribution in [3.63, 3.8) is 0 Å². The second kappa shape index (κ2) is 5.16. The summed E-state index contributed by atoms with van der Waals surface area (Å²) in [4.78, 5) is 1.09. The van der Waals surface area contributed by atoms with Crippen LogP contribution < -0.4 is 10.5 Å². The molecule has 0 unspecified atom stereocenters. The van der Waals surface area contributed by atoms with E-state index in [0.717, 1.165) is 10.4 Å². The average molecular weight is 360 g/mol. The molecule has 1 aromatic heterocycles. The number of hydrogen-bond donors (Lipinski definition) is 2. The number of nitrogens with two attached hydrogens (primary N) is 1. The highest BCUT2D eigenvalue weighted by Crippen LogP contribution is 2.31. The van der Waals surface area contributed by atoms with Crippen molar-refractivity contribution in [3.05, 3.63) is 21.3 Å². The van der Waals surface area contributed by atoms with Gasteiger partial charge in [0.25, 0.3) is 5.95 Å². The number of nitrogens with zero attached hydrogens (tertiary/aromatic N) is 5. The molecular weight excluding hydrogens is 351 g/mol. The van der Waals surface area contributed by atoms with Gasteiger partial charge in [0, 0.05) is 0 Å². The molecule has 0 aliphatic heterocycles. The van der Waals surface area contributed by atoms with Gasteiger partial charge in [0.1, 0.15) is 0 Å². The minimum absolute atomic E-state index is 0.0895. The number of hydrogen-bond acceptors (Lipinski definition) is 7. The summed E-state index contributed by atoms with van der Waals surface area (Å²) in [6.45, 7) is 0. The van der Waals surface area contributed by atoms with E-state index in [0.29, 0.717) is 9.32 Å². The minimum atomic E-state index is 0.0895. The third kappa shape index (κ3) is 2.50. The van der Waals surface area contributed by atoms with E-state index in [-0.39, 0.29) is 11.7 Å². The zero-order chi connectivity index (χ0) is 13.1. The zero-order valence-electron chi connectivity index (χ0n) is 9.28. The average Bonchev–Trinajstić information content (AvgIpc) is 2.76. The topological polar surface area (TPSA) is 111 Å². The van der Waals surface area contributed by atoms with Gasteiger partial charge in [0.2, 0.25) is 0 Å². The number of methoxy groups -OCH3 is 1. The third-order valence-electron chi connectivity index (χ3n) is 2.06. The van der Waals surface area contributed by atoms with Gasteiger partial charge in [-0.2, -0.15) is 5.10 Å². The largest absolute Gasteiger partial charge is 0.504 e. The maximum Gasteiger partial charge on any atom is 0.263 e. The molecule has 9 heteroatoms. The second-order valence-electron chi connectivity index (χ2n) is 3.22. The summed E-state index contributed by atoms with van der Waals surface area (Å²) < 4.78 is 5.69. The molecule has 1 aromatic carbocycles. The Balaban J connectivity index is 2.32. The minimum Gasteiger partial charge on any atom is -0.504 e. The number of halogens is 1. The predicted octanol–water partition coefficient (Wildman–Crippen LogP) is 0.456. The number of phenols is 1. The van der Waals surface area contributed by atoms with Crippen LogP contribution in [0.15, 0.2) is 17.2 Å². The molecule has 0 saturated heterocycles. The van der Waals surface area contributed by atoms with Crippen LogP contribution in [0.5, 0.6) is 11.5 Å². The van der Waals surface area contributed by atoms with Gasteiger partial charge in [-0.1, -0.05) is 9.89 Å². The molecule has 0 aliphatic rings. The van der Waals surface area contributed by atoms with E-state index in [1.54, 1.807) is 12.1 Å². The number of anilines is 1. The molecule has 18 heavy (non-hydrogen) atoms. The van der Waals surface area contributed by atoms with Crippen molar-refractivity contribution in [2.45, 2.75) is 0 Å². The van der Waals surface area contributed by atoms with Crippen molar-refractivity contribution in [3.8, 4) is 11.5 Å². The van der Waals surface area contributed by atoms with Crippen LogP contribution in [0.3, 0.4) is 0 Å². The van der Waals surface area contributed by atoms with E-state index < -0.39 is 0 Å². The lowest BCUT2D eigenvalue weighted by Gasteiger charge is -2.06. The lowest BCUT2D eigenvalue weighted by molar-refractivity contribution is 0.371. The monoisotopic (exact) mass is 360 g/mol. The van der Waals surface area contributed by atoms with Crippen molar-refractivity contribution < 1.29 is 9.84 Å². The SMILES string of the molecule is COc1cc(/C=N/n2nnnc2N)cc(I)c1O. The number of ether oxygens (including phenoxy) is 1. The van der Waals surface area contributed by atoms with Gasteiger partial charge in [0.05, 0.1) is 16.9 Å². The maximum atomic E-state index is 9.68. The Kier molecular flexibility index (Phi) is 3.60. The van der Waals surface area contributed by atoms with Gasteiger partial charge < -0.3 is 15.6 Å². The van der Waals surface area contributed by atoms with E-state index in [1.165, 1.54) is 13.3 Å². The van der Waals surface area contributed by atoms with Crippen molar-refractivity contribution in [1.29, 1.82) is 0 Å². The molecule has 0 fully saturated rings. The molecule has 0 spiro atoms. The highest BCUT2D eigenvalue weighted by molar-refractivity contribution is 14.1. The van der Waals surface area contributed by atoms with Crippen molar-refractivity contribution >= 4 is 34.8 Å². The van der Waals surface area contributed by atoms with E-state index in [4.69, 9.17) is 10.5 Å². The standard InChI is InChI=1S/C9H9IN6O2/c1-18-7-3-5(2-6(10)8(7)17)4-12-16-9(11)13-14-15-16/h2-4,17H,1H3,(H2,11,13,15)/b12-4+. The maximum absolute atomic E-state index is 9.68. The van der Waals surface area contributed by atoms with Gasteiger partial charge in [-0.25, -0.2) is 0 Å². The Morgan fingerprint density at radius 2 is 2.33 bits per heavy atom. The van der Waals surface area contributed by atoms with Crippen LogP contribution in [0.25, 0.3) is 0 Å². The fourth-order valence-electron chi connectivity index (χ4n) is 1.22. The van der Waals surface area contributed by atoms with E-state index in [1.807, 2.05) is 22.6 Å². The lowest BCUT2D eigenvalue weighted by atomic mass is 10.2. The molecule has 0 aliphatic carbocycles. The summed E-state index contributed by atoms with van der Waals surface area (Å²) >= 11 is 2.00. The van der Waals surface area contributed by atoms with Crippen LogP contribution in [0.4, 0.5) is 5.95 Å². The molecule has 2 aromatic rings. The first-order chi connectivity index (χ1) is 8.61. The van der Waals surface area contributed by atoms with Gasteiger partial charge in [-0.05, 0) is 50.7 Å². The van der Waals surface area contributed by atoms with Crippen LogP contribution in [0.1, 0.15) is 5.56 Å². The zero-order valence-corrected chi connectivity index (χ0v) is 11.4. The van der Waals surface area contributed by atoms with E-state index in [2.05, 4.69) is 20.6 Å². The highest BCUT2D eigenvalue weighted by atomic mass is 127. The molecule has 3 N–H and O–H groups in total. The summed E-state index contributed by atoms with van der Waals surface area (Å²) in [5, 5.41) is 24.1. The Morgan fingerprint density at radius 1 is 1.56 bits per heavy atom. The molecule has 0 bridgehead atoms. The van der Waals surface area contributed by atoms with Gasteiger partial charge in [-0.15, -0.1) is 0 Å². The Morgan fingerprint density at radius 3 is 2.94 bits per heavy atom. The number of benzene rings is 1. The third-order valence-corrected chi connectivity index (χ3v) is 2.89. The Hall–Kier alpha value is -1.91. The first-order valence-corrected chi connectivity index (χ1v) is 5.84. The fraction of sp³-hybridized carbons (Fsp3) is 0.111. The van der Waals surface area contributed by atoms with E-state index in [9.17, 15) is 5.11 Å². The molecule has 1 heterocycles. The number of tetrazole rings is 1. The molecule has 94 valence electrons. The van der Waals surface area contributed by atoms with Crippen molar-refractivity contribution in [2.24, 2.45) is 5.10 Å². The molecule has 0 atom stereocenters. The van der Waals surface area contributed by atoms with Crippen molar-refractivity contribution in [1.82, 2.24) is 20.3 Å². The quantitative estimate of drug-likeness (QED) is 0.608. The first-order valence-electron chi connectivity index (χ1n) is 4.76. The number of aromatic hydroxyl groups is 1. The molecule has 0 saturated carbocycles. The second-order valence-corrected chi connectivity index (χ2v) is 4.39. The summed E-state index contributed by atoms with van der Waals surface area (Å²) in [7, 11) is 1.48. The van der Waals surface area contributed by atoms with Crippen molar-refractivity contribution in [2.75, 3.05) is 12.8 Å². The highest BCUT2D eigenvalue weighted by Gasteiger charge is 2.07. The Labute approximate surface area is 116 Å². The van der Waals surface area contributed by atoms with E-state index >= 15 is 0 Å². The molecule has 0 radical (unpaired) electrons. The van der Waals surface area contributed by atoms with Crippen LogP contribution >= 0.6 is 22.6 Å². The Bertz CT molecular complexity index is 597. The fourth-order valence-corrected chi connectivity index (χ4v) is 1.84. The normalized spacial score (nSPS) is 11.0. The van der Waals surface area contributed by atoms with Gasteiger partial charge in [-0.3, -0.25) is 0 Å². The number of aromatic nitrogens is 4. The number of nitrogen functional groups attached to an aromatic ring is 1. The van der Waals surface area contributed by atoms with Crippen LogP contribution in [0, 0.1) is 3.57 Å². The lowest BCUT2D eigenvalue weighted by Crippen LogP contribution is -2.00. The molecule has 8 nitrogen and oxygen atoms in total. The number of phenolic OH excluding ortho intramolecular Hbond substituents is 1.